The van der Waals surface area contributed by atoms with Crippen LogP contribution < -0.4 is 32.3 Å². The number of hydrogen-bond donors (Lipinski definition) is 9. The second-order valence-electron chi connectivity index (χ2n) is 16.3. The Morgan fingerprint density at radius 1 is 0.618 bits per heavy atom. The van der Waals surface area contributed by atoms with Gasteiger partial charge in [0.25, 0.3) is 6.47 Å². The zero-order valence-corrected chi connectivity index (χ0v) is 38.2. The first kappa shape index (κ1) is 57.1. The first-order valence-corrected chi connectivity index (χ1v) is 22.5. The fraction of sp³-hybridized carbons (Fsp3) is 0.511. The Kier molecular flexibility index (Phi) is 26.7. The second kappa shape index (κ2) is 31.8. The van der Waals surface area contributed by atoms with Crippen molar-refractivity contribution in [3.05, 3.63) is 71.8 Å². The molecule has 0 heterocycles. The van der Waals surface area contributed by atoms with Crippen molar-refractivity contribution in [3.63, 3.8) is 0 Å². The molecule has 68 heavy (non-hydrogen) atoms. The van der Waals surface area contributed by atoms with Crippen LogP contribution in [0.2, 0.25) is 0 Å². The van der Waals surface area contributed by atoms with Gasteiger partial charge in [-0.1, -0.05) is 86.3 Å². The fourth-order valence-electron chi connectivity index (χ4n) is 6.94. The number of ether oxygens (including phenoxy) is 1. The highest BCUT2D eigenvalue weighted by Gasteiger charge is 2.30. The van der Waals surface area contributed by atoms with Crippen LogP contribution in [0.5, 0.6) is 0 Å². The molecular weight excluding hydrogens is 889 g/mol. The number of benzene rings is 2. The van der Waals surface area contributed by atoms with Gasteiger partial charge in [-0.15, -0.1) is 0 Å². The molecule has 0 bridgehead atoms. The third-order valence-electron chi connectivity index (χ3n) is 10.7. The number of aliphatic carboxylic acids is 3. The van der Waals surface area contributed by atoms with Gasteiger partial charge >= 0.3 is 23.9 Å². The maximum absolute atomic E-state index is 14.0. The van der Waals surface area contributed by atoms with Gasteiger partial charge in [0, 0.05) is 44.6 Å². The van der Waals surface area contributed by atoms with E-state index in [1.165, 1.54) is 0 Å². The van der Waals surface area contributed by atoms with Crippen molar-refractivity contribution >= 4 is 65.5 Å². The van der Waals surface area contributed by atoms with E-state index in [0.717, 1.165) is 30.9 Å². The predicted octanol–water partition coefficient (Wildman–Crippen LogP) is 2.11. The predicted molar refractivity (Wildman–Crippen MR) is 243 cm³/mol. The highest BCUT2D eigenvalue weighted by atomic mass is 16.5. The van der Waals surface area contributed by atoms with E-state index < -0.39 is 96.5 Å². The minimum Gasteiger partial charge on any atom is -0.481 e. The van der Waals surface area contributed by atoms with Crippen molar-refractivity contribution in [1.29, 1.82) is 0 Å². The minimum atomic E-state index is -1.43. The van der Waals surface area contributed by atoms with Crippen LogP contribution in [0.1, 0.15) is 108 Å². The number of nitrogens with two attached hydrogens (primary N) is 1. The van der Waals surface area contributed by atoms with Gasteiger partial charge in [-0.05, 0) is 50.2 Å². The lowest BCUT2D eigenvalue weighted by Gasteiger charge is -2.23. The molecular formula is C47H64N6O15. The summed E-state index contributed by atoms with van der Waals surface area (Å²) < 4.78 is 4.62. The highest BCUT2D eigenvalue weighted by molar-refractivity contribution is 5.94. The molecule has 21 heteroatoms. The van der Waals surface area contributed by atoms with E-state index >= 15 is 0 Å². The van der Waals surface area contributed by atoms with E-state index in [-0.39, 0.29) is 76.1 Å². The van der Waals surface area contributed by atoms with Crippen LogP contribution >= 0.6 is 0 Å². The van der Waals surface area contributed by atoms with Crippen molar-refractivity contribution in [2.45, 2.75) is 140 Å². The zero-order valence-electron chi connectivity index (χ0n) is 38.2. The number of carbonyl (C=O) groups excluding carboxylic acids is 8. The molecule has 0 fully saturated rings. The normalized spacial score (nSPS) is 13.4. The molecule has 0 unspecified atom stereocenters. The quantitative estimate of drug-likeness (QED) is 0.0268. The number of unbranched alkanes of at least 4 members (excludes halogenated alkanes) is 5. The molecule has 0 radical (unpaired) electrons. The average Bonchev–Trinajstić information content (AvgIpc) is 3.29. The van der Waals surface area contributed by atoms with E-state index in [9.17, 15) is 57.8 Å². The average molecular weight is 953 g/mol. The van der Waals surface area contributed by atoms with Crippen LogP contribution in [0, 0.1) is 5.92 Å². The largest absolute Gasteiger partial charge is 0.481 e. The molecule has 372 valence electrons. The molecule has 0 aliphatic carbocycles. The fourth-order valence-corrected chi connectivity index (χ4v) is 6.94. The first-order valence-electron chi connectivity index (χ1n) is 22.5. The van der Waals surface area contributed by atoms with Crippen LogP contribution in [-0.4, -0.2) is 118 Å². The van der Waals surface area contributed by atoms with Gasteiger partial charge in [0.1, 0.15) is 17.9 Å². The zero-order chi connectivity index (χ0) is 50.4. The van der Waals surface area contributed by atoms with Gasteiger partial charge in [0.15, 0.2) is 17.8 Å². The standard InChI is InChI=1S/C47H64N6O15/c1-30(55)37(27-43(61)62)51-45(64)35(48)28-49-44(63)33(24-31-14-8-6-9-15-31)26-39(57)38(25-32-16-10-7-11-17-32)50-40(58)19-13-5-3-2-4-12-18-34(56)20-21-36(46(65)66)52-47(67)53-41(68-29-54)22-23-42(59)60/h6-11,14-17,29,33,35-38,41H,2-5,12-13,18-28,48H2,1H3,(H,49,63)(H,50,58)(H,51,64)(H,59,60)(H,61,62)(H,65,66)(H2,52,53,67)/t33-,35+,36+,37+,38+,41-/m1/s1. The smallest absolute Gasteiger partial charge is 0.326 e. The van der Waals surface area contributed by atoms with E-state index in [4.69, 9.17) is 15.9 Å². The third-order valence-corrected chi connectivity index (χ3v) is 10.7. The summed E-state index contributed by atoms with van der Waals surface area (Å²) in [5.41, 5.74) is 7.53. The van der Waals surface area contributed by atoms with Crippen molar-refractivity contribution in [2.75, 3.05) is 6.54 Å². The lowest BCUT2D eigenvalue weighted by molar-refractivity contribution is -0.141. The van der Waals surface area contributed by atoms with Gasteiger partial charge in [-0.25, -0.2) is 9.59 Å². The molecule has 0 spiro atoms. The number of carbonyl (C=O) groups is 11. The summed E-state index contributed by atoms with van der Waals surface area (Å²) in [7, 11) is 0. The Morgan fingerprint density at radius 3 is 1.76 bits per heavy atom. The van der Waals surface area contributed by atoms with Gasteiger partial charge in [0.05, 0.1) is 24.9 Å². The lowest BCUT2D eigenvalue weighted by atomic mass is 9.89. The number of amides is 5. The van der Waals surface area contributed by atoms with Crippen molar-refractivity contribution in [2.24, 2.45) is 11.7 Å². The second-order valence-corrected chi connectivity index (χ2v) is 16.3. The summed E-state index contributed by atoms with van der Waals surface area (Å²) in [4.78, 5) is 134. The van der Waals surface area contributed by atoms with Gasteiger partial charge < -0.3 is 52.4 Å². The maximum atomic E-state index is 14.0. The molecule has 5 amide bonds. The first-order chi connectivity index (χ1) is 32.4. The number of rotatable bonds is 36. The molecule has 0 aromatic heterocycles. The van der Waals surface area contributed by atoms with Gasteiger partial charge in [-0.3, -0.25) is 43.2 Å². The number of carboxylic acids is 3. The SMILES string of the molecule is CC(=O)[C@H](CC(=O)O)NC(=O)[C@@H](N)CNC(=O)[C@@H](CC(=O)[C@H](Cc1ccccc1)NC(=O)CCCCCCCCC(=O)CC[C@H](NC(=O)N[C@@H](CCC(=O)O)OC=O)C(=O)O)Cc1ccccc1. The Hall–Kier alpha value is -7.03. The summed E-state index contributed by atoms with van der Waals surface area (Å²) in [6.45, 7) is 0.779. The summed E-state index contributed by atoms with van der Waals surface area (Å²) in [5.74, 6) is -7.76. The van der Waals surface area contributed by atoms with Gasteiger partial charge in [0.2, 0.25) is 17.7 Å². The third kappa shape index (κ3) is 24.5. The molecule has 2 aromatic rings. The number of hydrogen-bond acceptors (Lipinski definition) is 13. The van der Waals surface area contributed by atoms with Gasteiger partial charge in [-0.2, -0.15) is 0 Å². The molecule has 0 saturated heterocycles. The molecule has 10 N–H and O–H groups in total. The highest BCUT2D eigenvalue weighted by Crippen LogP contribution is 2.17. The van der Waals surface area contributed by atoms with Crippen molar-refractivity contribution in [1.82, 2.24) is 26.6 Å². The monoisotopic (exact) mass is 952 g/mol. The number of urea groups is 1. The van der Waals surface area contributed by atoms with Crippen molar-refractivity contribution in [3.8, 4) is 0 Å². The minimum absolute atomic E-state index is 0.0197. The van der Waals surface area contributed by atoms with Crippen LogP contribution in [0.4, 0.5) is 4.79 Å². The number of carboxylic acid groups (broad SMARTS) is 3. The Morgan fingerprint density at radius 2 is 1.21 bits per heavy atom. The molecule has 0 aliphatic rings. The number of nitrogens with one attached hydrogen (secondary N) is 5. The molecule has 2 rings (SSSR count). The maximum Gasteiger partial charge on any atom is 0.326 e. The molecule has 21 nitrogen and oxygen atoms in total. The molecule has 0 saturated carbocycles. The van der Waals surface area contributed by atoms with Crippen LogP contribution in [0.25, 0.3) is 0 Å². The summed E-state index contributed by atoms with van der Waals surface area (Å²) in [6, 6.07) is 12.0. The lowest BCUT2D eigenvalue weighted by Crippen LogP contribution is -2.53. The summed E-state index contributed by atoms with van der Waals surface area (Å²) in [5, 5.41) is 39.5. The van der Waals surface area contributed by atoms with Crippen LogP contribution in [-0.2, 0) is 65.5 Å². The Balaban J connectivity index is 1.89. The van der Waals surface area contributed by atoms with Crippen LogP contribution in [0.3, 0.4) is 0 Å². The molecule has 6 atom stereocenters. The number of ketones is 3. The van der Waals surface area contributed by atoms with E-state index in [0.29, 0.717) is 25.7 Å². The van der Waals surface area contributed by atoms with E-state index in [2.05, 4.69) is 31.3 Å². The van der Waals surface area contributed by atoms with Crippen LogP contribution in [0.15, 0.2) is 60.7 Å². The summed E-state index contributed by atoms with van der Waals surface area (Å²) >= 11 is 0. The molecule has 0 aliphatic heterocycles. The van der Waals surface area contributed by atoms with Crippen molar-refractivity contribution < 1.29 is 72.8 Å². The van der Waals surface area contributed by atoms with E-state index in [1.807, 2.05) is 18.2 Å². The van der Waals surface area contributed by atoms with E-state index in [1.54, 1.807) is 42.5 Å². The Labute approximate surface area is 394 Å². The number of Topliss-reactive ketones (excluding diaryl/α,β-unsaturated/α-hetero) is 3. The topological polar surface area (TPSA) is 344 Å². The molecule has 2 aromatic carbocycles. The Bertz CT molecular complexity index is 2000. The summed E-state index contributed by atoms with van der Waals surface area (Å²) in [6.07, 6.45) is 1.44.